The van der Waals surface area contributed by atoms with Crippen molar-refractivity contribution in [3.63, 3.8) is 0 Å². The minimum atomic E-state index is 0.624. The molecule has 0 saturated heterocycles. The van der Waals surface area contributed by atoms with Crippen molar-refractivity contribution in [2.45, 2.75) is 26.2 Å². The Labute approximate surface area is 81.3 Å². The molecule has 13 heavy (non-hydrogen) atoms. The largest absolute Gasteiger partial charge is 0.103 e. The standard InChI is InChI=1S/C13H18/c1-4-8-11(2)12(3)13-9-6-5-7-10-13/h4-7,9-12H,1,8H2,2-3H3/t11-,12-/m0/s1. The molecule has 0 spiro atoms. The van der Waals surface area contributed by atoms with Crippen LogP contribution in [0.3, 0.4) is 0 Å². The first-order valence-corrected chi connectivity index (χ1v) is 4.91. The first-order valence-electron chi connectivity index (χ1n) is 4.91. The van der Waals surface area contributed by atoms with E-state index in [0.717, 1.165) is 6.42 Å². The Morgan fingerprint density at radius 2 is 1.85 bits per heavy atom. The van der Waals surface area contributed by atoms with Crippen LogP contribution in [0.5, 0.6) is 0 Å². The summed E-state index contributed by atoms with van der Waals surface area (Å²) in [4.78, 5) is 0. The normalized spacial score (nSPS) is 14.9. The van der Waals surface area contributed by atoms with Gasteiger partial charge in [-0.05, 0) is 23.8 Å². The van der Waals surface area contributed by atoms with Crippen LogP contribution >= 0.6 is 0 Å². The lowest BCUT2D eigenvalue weighted by Crippen LogP contribution is -2.04. The molecule has 0 amide bonds. The van der Waals surface area contributed by atoms with Gasteiger partial charge in [0.05, 0.1) is 0 Å². The summed E-state index contributed by atoms with van der Waals surface area (Å²) >= 11 is 0. The summed E-state index contributed by atoms with van der Waals surface area (Å²) in [5.74, 6) is 1.30. The van der Waals surface area contributed by atoms with Crippen LogP contribution in [0.25, 0.3) is 0 Å². The molecule has 0 fully saturated rings. The molecular formula is C13H18. The Bertz CT molecular complexity index is 248. The zero-order chi connectivity index (χ0) is 9.68. The van der Waals surface area contributed by atoms with Crippen molar-refractivity contribution in [2.75, 3.05) is 0 Å². The van der Waals surface area contributed by atoms with Crippen LogP contribution in [0.15, 0.2) is 43.0 Å². The third-order valence-corrected chi connectivity index (χ3v) is 2.72. The predicted octanol–water partition coefficient (Wildman–Crippen LogP) is 4.00. The fourth-order valence-electron chi connectivity index (χ4n) is 1.55. The summed E-state index contributed by atoms with van der Waals surface area (Å²) < 4.78 is 0. The highest BCUT2D eigenvalue weighted by Gasteiger charge is 2.11. The third-order valence-electron chi connectivity index (χ3n) is 2.72. The van der Waals surface area contributed by atoms with Gasteiger partial charge in [0.15, 0.2) is 0 Å². The zero-order valence-electron chi connectivity index (χ0n) is 8.53. The molecule has 0 aliphatic heterocycles. The molecule has 0 unspecified atom stereocenters. The van der Waals surface area contributed by atoms with Gasteiger partial charge in [-0.15, -0.1) is 6.58 Å². The van der Waals surface area contributed by atoms with E-state index in [1.807, 2.05) is 6.08 Å². The first-order chi connectivity index (χ1) is 6.25. The molecule has 1 aromatic carbocycles. The van der Waals surface area contributed by atoms with Crippen LogP contribution in [0.1, 0.15) is 31.7 Å². The fourth-order valence-corrected chi connectivity index (χ4v) is 1.55. The van der Waals surface area contributed by atoms with E-state index < -0.39 is 0 Å². The average molecular weight is 174 g/mol. The minimum absolute atomic E-state index is 0.624. The number of hydrogen-bond donors (Lipinski definition) is 0. The number of rotatable bonds is 4. The molecule has 0 heteroatoms. The van der Waals surface area contributed by atoms with Crippen molar-refractivity contribution in [3.05, 3.63) is 48.6 Å². The van der Waals surface area contributed by atoms with E-state index in [2.05, 4.69) is 50.8 Å². The van der Waals surface area contributed by atoms with Crippen molar-refractivity contribution in [1.29, 1.82) is 0 Å². The Morgan fingerprint density at radius 1 is 1.23 bits per heavy atom. The second-order valence-electron chi connectivity index (χ2n) is 3.70. The van der Waals surface area contributed by atoms with Crippen molar-refractivity contribution in [3.8, 4) is 0 Å². The molecule has 0 N–H and O–H groups in total. The van der Waals surface area contributed by atoms with Gasteiger partial charge in [0.1, 0.15) is 0 Å². The first kappa shape index (κ1) is 10.0. The Morgan fingerprint density at radius 3 is 2.38 bits per heavy atom. The van der Waals surface area contributed by atoms with E-state index in [-0.39, 0.29) is 0 Å². The van der Waals surface area contributed by atoms with Crippen molar-refractivity contribution in [1.82, 2.24) is 0 Å². The topological polar surface area (TPSA) is 0 Å². The van der Waals surface area contributed by atoms with Crippen molar-refractivity contribution in [2.24, 2.45) is 5.92 Å². The van der Waals surface area contributed by atoms with Crippen molar-refractivity contribution < 1.29 is 0 Å². The molecule has 0 aromatic heterocycles. The van der Waals surface area contributed by atoms with Crippen LogP contribution < -0.4 is 0 Å². The van der Waals surface area contributed by atoms with E-state index in [4.69, 9.17) is 0 Å². The Kier molecular flexibility index (Phi) is 3.75. The van der Waals surface area contributed by atoms with Gasteiger partial charge in [-0.1, -0.05) is 50.3 Å². The Balaban J connectivity index is 2.67. The van der Waals surface area contributed by atoms with Crippen LogP contribution in [0.4, 0.5) is 0 Å². The molecule has 0 aliphatic rings. The molecule has 0 bridgehead atoms. The second kappa shape index (κ2) is 4.86. The van der Waals surface area contributed by atoms with Gasteiger partial charge in [-0.3, -0.25) is 0 Å². The van der Waals surface area contributed by atoms with Gasteiger partial charge in [0, 0.05) is 0 Å². The summed E-state index contributed by atoms with van der Waals surface area (Å²) in [5, 5.41) is 0. The second-order valence-corrected chi connectivity index (χ2v) is 3.70. The van der Waals surface area contributed by atoms with Crippen LogP contribution in [0.2, 0.25) is 0 Å². The highest BCUT2D eigenvalue weighted by Crippen LogP contribution is 2.25. The maximum absolute atomic E-state index is 3.78. The molecule has 1 rings (SSSR count). The van der Waals surface area contributed by atoms with E-state index in [9.17, 15) is 0 Å². The molecule has 0 nitrogen and oxygen atoms in total. The molecule has 0 aliphatic carbocycles. The quantitative estimate of drug-likeness (QED) is 0.605. The van der Waals surface area contributed by atoms with Gasteiger partial charge in [0.25, 0.3) is 0 Å². The Hall–Kier alpha value is -1.04. The smallest absolute Gasteiger partial charge is 0.0162 e. The van der Waals surface area contributed by atoms with Crippen LogP contribution in [-0.2, 0) is 0 Å². The van der Waals surface area contributed by atoms with E-state index in [1.54, 1.807) is 0 Å². The molecule has 0 heterocycles. The van der Waals surface area contributed by atoms with E-state index >= 15 is 0 Å². The zero-order valence-corrected chi connectivity index (χ0v) is 8.53. The molecule has 1 aromatic rings. The summed E-state index contributed by atoms with van der Waals surface area (Å²) in [6.45, 7) is 8.34. The number of allylic oxidation sites excluding steroid dienone is 1. The summed E-state index contributed by atoms with van der Waals surface area (Å²) in [6, 6.07) is 10.7. The summed E-state index contributed by atoms with van der Waals surface area (Å²) in [7, 11) is 0. The highest BCUT2D eigenvalue weighted by molar-refractivity contribution is 5.19. The number of benzene rings is 1. The minimum Gasteiger partial charge on any atom is -0.103 e. The van der Waals surface area contributed by atoms with Gasteiger partial charge >= 0.3 is 0 Å². The summed E-state index contributed by atoms with van der Waals surface area (Å²) in [6.07, 6.45) is 3.10. The molecular weight excluding hydrogens is 156 g/mol. The van der Waals surface area contributed by atoms with Gasteiger partial charge < -0.3 is 0 Å². The van der Waals surface area contributed by atoms with Gasteiger partial charge in [0.2, 0.25) is 0 Å². The van der Waals surface area contributed by atoms with Crippen molar-refractivity contribution >= 4 is 0 Å². The lowest BCUT2D eigenvalue weighted by Gasteiger charge is -2.18. The molecule has 2 atom stereocenters. The predicted molar refractivity (Wildman–Crippen MR) is 58.8 cm³/mol. The fraction of sp³-hybridized carbons (Fsp3) is 0.385. The van der Waals surface area contributed by atoms with E-state index in [0.29, 0.717) is 11.8 Å². The maximum Gasteiger partial charge on any atom is -0.0162 e. The molecule has 0 radical (unpaired) electrons. The molecule has 0 saturated carbocycles. The third kappa shape index (κ3) is 2.73. The SMILES string of the molecule is C=CC[C@H](C)[C@H](C)c1ccccc1. The van der Waals surface area contributed by atoms with Crippen LogP contribution in [0, 0.1) is 5.92 Å². The maximum atomic E-state index is 3.78. The lowest BCUT2D eigenvalue weighted by atomic mass is 9.87. The lowest BCUT2D eigenvalue weighted by molar-refractivity contribution is 0.494. The number of hydrogen-bond acceptors (Lipinski definition) is 0. The monoisotopic (exact) mass is 174 g/mol. The highest BCUT2D eigenvalue weighted by atomic mass is 14.2. The van der Waals surface area contributed by atoms with E-state index in [1.165, 1.54) is 5.56 Å². The molecule has 70 valence electrons. The average Bonchev–Trinajstić information content (AvgIpc) is 2.18. The summed E-state index contributed by atoms with van der Waals surface area (Å²) in [5.41, 5.74) is 1.43. The van der Waals surface area contributed by atoms with Gasteiger partial charge in [-0.25, -0.2) is 0 Å². The van der Waals surface area contributed by atoms with Gasteiger partial charge in [-0.2, -0.15) is 0 Å². The van der Waals surface area contributed by atoms with Crippen LogP contribution in [-0.4, -0.2) is 0 Å².